The van der Waals surface area contributed by atoms with Gasteiger partial charge in [0, 0.05) is 5.69 Å². The third-order valence-corrected chi connectivity index (χ3v) is 3.46. The van der Waals surface area contributed by atoms with Crippen LogP contribution in [0.1, 0.15) is 0 Å². The van der Waals surface area contributed by atoms with Gasteiger partial charge in [-0.2, -0.15) is 8.42 Å². The fourth-order valence-corrected chi connectivity index (χ4v) is 2.37. The molecule has 18 heavy (non-hydrogen) atoms. The molecule has 0 bridgehead atoms. The van der Waals surface area contributed by atoms with Gasteiger partial charge in [-0.1, -0.05) is 6.07 Å². The summed E-state index contributed by atoms with van der Waals surface area (Å²) in [7, 11) is -8.42. The molecule has 8 nitrogen and oxygen atoms in total. The highest BCUT2D eigenvalue weighted by Gasteiger charge is 2.13. The van der Waals surface area contributed by atoms with E-state index in [-0.39, 0.29) is 5.69 Å². The number of anilines is 2. The molecule has 4 N–H and O–H groups in total. The summed E-state index contributed by atoms with van der Waals surface area (Å²) in [6.45, 7) is -0.684. The highest BCUT2D eigenvalue weighted by molar-refractivity contribution is 7.92. The first-order chi connectivity index (χ1) is 8.18. The third kappa shape index (κ3) is 5.82. The highest BCUT2D eigenvalue weighted by atomic mass is 32.3. The van der Waals surface area contributed by atoms with Crippen molar-refractivity contribution in [1.82, 2.24) is 0 Å². The van der Waals surface area contributed by atoms with Crippen molar-refractivity contribution >= 4 is 31.8 Å². The molecule has 0 amide bonds. The molecular formula is C8H12N2O6S2. The van der Waals surface area contributed by atoms with Crippen molar-refractivity contribution in [3.05, 3.63) is 24.3 Å². The van der Waals surface area contributed by atoms with Gasteiger partial charge in [0.2, 0.25) is 10.0 Å². The summed E-state index contributed by atoms with van der Waals surface area (Å²) in [5, 5.41) is 0. The Morgan fingerprint density at radius 1 is 1.28 bits per heavy atom. The second kappa shape index (κ2) is 5.52. The average molecular weight is 296 g/mol. The molecule has 0 radical (unpaired) electrons. The Kier molecular flexibility index (Phi) is 4.51. The van der Waals surface area contributed by atoms with Crippen LogP contribution in [0.4, 0.5) is 11.4 Å². The Bertz CT molecular complexity index is 610. The molecular weight excluding hydrogens is 284 g/mol. The van der Waals surface area contributed by atoms with Gasteiger partial charge in [-0.25, -0.2) is 12.6 Å². The predicted octanol–water partition coefficient (Wildman–Crippen LogP) is -0.170. The molecule has 1 aromatic carbocycles. The summed E-state index contributed by atoms with van der Waals surface area (Å²) in [5.41, 5.74) is 6.09. The van der Waals surface area contributed by atoms with E-state index in [0.29, 0.717) is 5.69 Å². The smallest absolute Gasteiger partial charge is 0.397 e. The third-order valence-electron chi connectivity index (χ3n) is 1.74. The van der Waals surface area contributed by atoms with E-state index >= 15 is 0 Å². The Morgan fingerprint density at radius 3 is 2.50 bits per heavy atom. The maximum Gasteiger partial charge on any atom is 0.397 e. The molecule has 0 spiro atoms. The molecule has 0 saturated heterocycles. The first kappa shape index (κ1) is 14.7. The summed E-state index contributed by atoms with van der Waals surface area (Å²) in [4.78, 5) is 0. The van der Waals surface area contributed by atoms with Crippen molar-refractivity contribution in [3.63, 3.8) is 0 Å². The van der Waals surface area contributed by atoms with Gasteiger partial charge in [0.15, 0.2) is 0 Å². The fraction of sp³-hybridized carbons (Fsp3) is 0.250. The van der Waals surface area contributed by atoms with E-state index in [1.165, 1.54) is 12.1 Å². The van der Waals surface area contributed by atoms with Crippen LogP contribution in [0.3, 0.4) is 0 Å². The second-order valence-electron chi connectivity index (χ2n) is 3.30. The van der Waals surface area contributed by atoms with Crippen LogP contribution in [0.2, 0.25) is 0 Å². The molecule has 10 heteroatoms. The molecule has 1 aromatic rings. The van der Waals surface area contributed by atoms with Gasteiger partial charge in [0.1, 0.15) is 0 Å². The monoisotopic (exact) mass is 296 g/mol. The average Bonchev–Trinajstić information content (AvgIpc) is 2.13. The molecule has 0 heterocycles. The lowest BCUT2D eigenvalue weighted by atomic mass is 10.3. The minimum Gasteiger partial charge on any atom is -0.399 e. The van der Waals surface area contributed by atoms with Crippen LogP contribution in [0.5, 0.6) is 0 Å². The predicted molar refractivity (Wildman–Crippen MR) is 65.8 cm³/mol. The summed E-state index contributed by atoms with van der Waals surface area (Å²) in [6.07, 6.45) is 0. The first-order valence-electron chi connectivity index (χ1n) is 4.66. The van der Waals surface area contributed by atoms with Crippen molar-refractivity contribution in [2.75, 3.05) is 22.8 Å². The standard InChI is InChI=1S/C8H12N2O6S2/c9-7-2-1-3-8(6-7)10-17(11,12)5-4-16-18(13,14)15/h1-3,6,10H,4-5,9H2,(H,13,14,15). The van der Waals surface area contributed by atoms with Gasteiger partial charge in [-0.05, 0) is 18.2 Å². The maximum absolute atomic E-state index is 11.5. The van der Waals surface area contributed by atoms with E-state index in [1.807, 2.05) is 0 Å². The molecule has 0 aromatic heterocycles. The van der Waals surface area contributed by atoms with Gasteiger partial charge >= 0.3 is 10.4 Å². The van der Waals surface area contributed by atoms with Crippen LogP contribution in [-0.4, -0.2) is 33.7 Å². The molecule has 1 rings (SSSR count). The van der Waals surface area contributed by atoms with Crippen molar-refractivity contribution in [2.45, 2.75) is 0 Å². The number of rotatable bonds is 6. The van der Waals surface area contributed by atoms with Gasteiger partial charge in [-0.15, -0.1) is 0 Å². The lowest BCUT2D eigenvalue weighted by Crippen LogP contribution is -2.21. The van der Waals surface area contributed by atoms with E-state index in [4.69, 9.17) is 10.3 Å². The number of hydrogen-bond acceptors (Lipinski definition) is 6. The Balaban J connectivity index is 2.60. The Hall–Kier alpha value is -1.36. The van der Waals surface area contributed by atoms with Crippen molar-refractivity contribution < 1.29 is 25.6 Å². The van der Waals surface area contributed by atoms with Crippen molar-refractivity contribution in [1.29, 1.82) is 0 Å². The fourth-order valence-electron chi connectivity index (χ4n) is 1.08. The van der Waals surface area contributed by atoms with E-state index in [1.54, 1.807) is 12.1 Å². The number of nitrogen functional groups attached to an aromatic ring is 1. The minimum absolute atomic E-state index is 0.252. The normalized spacial score (nSPS) is 12.3. The molecule has 0 unspecified atom stereocenters. The molecule has 0 aliphatic rings. The lowest BCUT2D eigenvalue weighted by Gasteiger charge is -2.07. The molecule has 0 saturated carbocycles. The first-order valence-corrected chi connectivity index (χ1v) is 7.67. The number of hydrogen-bond donors (Lipinski definition) is 3. The maximum atomic E-state index is 11.5. The summed E-state index contributed by atoms with van der Waals surface area (Å²) in [5.74, 6) is -0.623. The van der Waals surface area contributed by atoms with Crippen LogP contribution >= 0.6 is 0 Å². The second-order valence-corrected chi connectivity index (χ2v) is 6.23. The number of nitrogens with one attached hydrogen (secondary N) is 1. The van der Waals surface area contributed by atoms with Crippen LogP contribution in [0.25, 0.3) is 0 Å². The summed E-state index contributed by atoms with van der Waals surface area (Å²) in [6, 6.07) is 6.03. The van der Waals surface area contributed by atoms with E-state index in [0.717, 1.165) is 0 Å². The van der Waals surface area contributed by atoms with Crippen LogP contribution < -0.4 is 10.5 Å². The van der Waals surface area contributed by atoms with Crippen LogP contribution in [-0.2, 0) is 24.6 Å². The van der Waals surface area contributed by atoms with Crippen molar-refractivity contribution in [3.8, 4) is 0 Å². The van der Waals surface area contributed by atoms with Gasteiger partial charge < -0.3 is 5.73 Å². The molecule has 0 fully saturated rings. The zero-order chi connectivity index (χ0) is 13.8. The van der Waals surface area contributed by atoms with Gasteiger partial charge in [0.05, 0.1) is 18.0 Å². The Labute approximate surface area is 105 Å². The summed E-state index contributed by atoms with van der Waals surface area (Å²) >= 11 is 0. The van der Waals surface area contributed by atoms with Crippen LogP contribution in [0.15, 0.2) is 24.3 Å². The van der Waals surface area contributed by atoms with E-state index < -0.39 is 32.8 Å². The summed E-state index contributed by atoms with van der Waals surface area (Å²) < 4.78 is 57.8. The molecule has 0 aliphatic heterocycles. The quantitative estimate of drug-likeness (QED) is 0.489. The molecule has 0 atom stereocenters. The highest BCUT2D eigenvalue weighted by Crippen LogP contribution is 2.13. The lowest BCUT2D eigenvalue weighted by molar-refractivity contribution is 0.284. The minimum atomic E-state index is -4.64. The number of sulfonamides is 1. The van der Waals surface area contributed by atoms with Crippen LogP contribution in [0, 0.1) is 0 Å². The number of benzene rings is 1. The molecule has 102 valence electrons. The molecule has 0 aliphatic carbocycles. The van der Waals surface area contributed by atoms with Crippen molar-refractivity contribution in [2.24, 2.45) is 0 Å². The van der Waals surface area contributed by atoms with Gasteiger partial charge in [-0.3, -0.25) is 9.27 Å². The zero-order valence-corrected chi connectivity index (χ0v) is 10.7. The zero-order valence-electron chi connectivity index (χ0n) is 9.11. The Morgan fingerprint density at radius 2 is 1.94 bits per heavy atom. The van der Waals surface area contributed by atoms with E-state index in [9.17, 15) is 16.8 Å². The van der Waals surface area contributed by atoms with E-state index in [2.05, 4.69) is 8.91 Å². The topological polar surface area (TPSA) is 136 Å². The SMILES string of the molecule is Nc1cccc(NS(=O)(=O)CCOS(=O)(=O)O)c1. The van der Waals surface area contributed by atoms with Gasteiger partial charge in [0.25, 0.3) is 0 Å². The number of nitrogens with two attached hydrogens (primary N) is 1. The largest absolute Gasteiger partial charge is 0.399 e.